The molecular formula is C16H24N2O. The molecule has 104 valence electrons. The summed E-state index contributed by atoms with van der Waals surface area (Å²) in [4.78, 5) is 12.2. The highest BCUT2D eigenvalue weighted by Gasteiger charge is 2.32. The number of amides is 1. The Kier molecular flexibility index (Phi) is 4.25. The van der Waals surface area contributed by atoms with Crippen molar-refractivity contribution in [2.45, 2.75) is 39.5 Å². The summed E-state index contributed by atoms with van der Waals surface area (Å²) in [6.45, 7) is 5.39. The topological polar surface area (TPSA) is 55.1 Å². The average Bonchev–Trinajstić information content (AvgIpc) is 2.85. The standard InChI is InChI=1S/C16H24N2O/c1-12-5-6-14(13(2)9-12)15(19)18-11-16(10-17)7-3-4-8-16/h5-6,9H,3-4,7-8,10-11,17H2,1-2H3,(H,18,19). The van der Waals surface area contributed by atoms with E-state index in [1.54, 1.807) is 0 Å². The van der Waals surface area contributed by atoms with Gasteiger partial charge in [-0.25, -0.2) is 0 Å². The number of carbonyl (C=O) groups is 1. The third-order valence-corrected chi connectivity index (χ3v) is 4.35. The molecule has 1 amide bonds. The van der Waals surface area contributed by atoms with Crippen molar-refractivity contribution in [3.8, 4) is 0 Å². The third-order valence-electron chi connectivity index (χ3n) is 4.35. The molecule has 1 aliphatic rings. The Hall–Kier alpha value is -1.35. The molecule has 2 rings (SSSR count). The van der Waals surface area contributed by atoms with Crippen LogP contribution in [0.2, 0.25) is 0 Å². The Labute approximate surface area is 115 Å². The highest BCUT2D eigenvalue weighted by atomic mass is 16.1. The molecule has 3 N–H and O–H groups in total. The Morgan fingerprint density at radius 1 is 1.32 bits per heavy atom. The van der Waals surface area contributed by atoms with E-state index in [-0.39, 0.29) is 11.3 Å². The van der Waals surface area contributed by atoms with Crippen LogP contribution in [0.5, 0.6) is 0 Å². The molecule has 1 aliphatic carbocycles. The van der Waals surface area contributed by atoms with Crippen LogP contribution in [0.3, 0.4) is 0 Å². The highest BCUT2D eigenvalue weighted by Crippen LogP contribution is 2.36. The molecule has 0 aromatic heterocycles. The minimum Gasteiger partial charge on any atom is -0.351 e. The van der Waals surface area contributed by atoms with Gasteiger partial charge in [0.15, 0.2) is 0 Å². The number of nitrogens with two attached hydrogens (primary N) is 1. The normalized spacial score (nSPS) is 17.4. The van der Waals surface area contributed by atoms with E-state index in [4.69, 9.17) is 5.73 Å². The van der Waals surface area contributed by atoms with E-state index in [0.29, 0.717) is 13.1 Å². The summed E-state index contributed by atoms with van der Waals surface area (Å²) in [5.41, 5.74) is 9.02. The van der Waals surface area contributed by atoms with Crippen LogP contribution in [0.15, 0.2) is 18.2 Å². The number of hydrogen-bond acceptors (Lipinski definition) is 2. The first kappa shape index (κ1) is 14.1. The lowest BCUT2D eigenvalue weighted by molar-refractivity contribution is 0.0931. The summed E-state index contributed by atoms with van der Waals surface area (Å²) in [7, 11) is 0. The lowest BCUT2D eigenvalue weighted by Gasteiger charge is -2.27. The van der Waals surface area contributed by atoms with Crippen LogP contribution in [-0.4, -0.2) is 19.0 Å². The van der Waals surface area contributed by atoms with Crippen molar-refractivity contribution >= 4 is 5.91 Å². The van der Waals surface area contributed by atoms with Gasteiger partial charge in [0.1, 0.15) is 0 Å². The third kappa shape index (κ3) is 3.16. The van der Waals surface area contributed by atoms with Gasteiger partial charge in [-0.1, -0.05) is 30.5 Å². The number of rotatable bonds is 4. The van der Waals surface area contributed by atoms with Crippen LogP contribution < -0.4 is 11.1 Å². The molecule has 0 heterocycles. The van der Waals surface area contributed by atoms with Gasteiger partial charge in [-0.15, -0.1) is 0 Å². The van der Waals surface area contributed by atoms with E-state index in [0.717, 1.165) is 24.0 Å². The number of aryl methyl sites for hydroxylation is 2. The van der Waals surface area contributed by atoms with Crippen LogP contribution in [0.25, 0.3) is 0 Å². The zero-order valence-electron chi connectivity index (χ0n) is 12.0. The molecule has 0 aliphatic heterocycles. The maximum atomic E-state index is 12.2. The molecule has 19 heavy (non-hydrogen) atoms. The van der Waals surface area contributed by atoms with Gasteiger partial charge in [0, 0.05) is 12.1 Å². The summed E-state index contributed by atoms with van der Waals surface area (Å²) in [5.74, 6) is 0.0252. The van der Waals surface area contributed by atoms with Crippen molar-refractivity contribution < 1.29 is 4.79 Å². The zero-order valence-corrected chi connectivity index (χ0v) is 12.0. The molecule has 0 bridgehead atoms. The quantitative estimate of drug-likeness (QED) is 0.874. The van der Waals surface area contributed by atoms with Gasteiger partial charge < -0.3 is 11.1 Å². The maximum Gasteiger partial charge on any atom is 0.251 e. The van der Waals surface area contributed by atoms with Crippen LogP contribution in [0, 0.1) is 19.3 Å². The fourth-order valence-corrected chi connectivity index (χ4v) is 3.01. The Morgan fingerprint density at radius 3 is 2.58 bits per heavy atom. The molecule has 1 aromatic rings. The molecule has 0 unspecified atom stereocenters. The van der Waals surface area contributed by atoms with Crippen molar-refractivity contribution in [1.29, 1.82) is 0 Å². The van der Waals surface area contributed by atoms with Gasteiger partial charge in [0.25, 0.3) is 5.91 Å². The Bertz CT molecular complexity index is 462. The summed E-state index contributed by atoms with van der Waals surface area (Å²) in [6, 6.07) is 5.93. The zero-order chi connectivity index (χ0) is 13.9. The van der Waals surface area contributed by atoms with Gasteiger partial charge in [0.05, 0.1) is 0 Å². The molecule has 1 fully saturated rings. The molecular weight excluding hydrogens is 236 g/mol. The second-order valence-electron chi connectivity index (χ2n) is 5.91. The average molecular weight is 260 g/mol. The number of carbonyl (C=O) groups excluding carboxylic acids is 1. The highest BCUT2D eigenvalue weighted by molar-refractivity contribution is 5.95. The largest absolute Gasteiger partial charge is 0.351 e. The van der Waals surface area contributed by atoms with E-state index in [2.05, 4.69) is 5.32 Å². The molecule has 1 aromatic carbocycles. The predicted molar refractivity (Wildman–Crippen MR) is 78.2 cm³/mol. The lowest BCUT2D eigenvalue weighted by atomic mass is 9.86. The predicted octanol–water partition coefficient (Wildman–Crippen LogP) is 2.55. The fourth-order valence-electron chi connectivity index (χ4n) is 3.01. The summed E-state index contributed by atoms with van der Waals surface area (Å²) < 4.78 is 0. The lowest BCUT2D eigenvalue weighted by Crippen LogP contribution is -2.40. The first-order chi connectivity index (χ1) is 9.06. The fraction of sp³-hybridized carbons (Fsp3) is 0.562. The minimum absolute atomic E-state index is 0.0252. The molecule has 0 spiro atoms. The molecule has 1 saturated carbocycles. The molecule has 0 radical (unpaired) electrons. The first-order valence-corrected chi connectivity index (χ1v) is 7.12. The number of nitrogens with one attached hydrogen (secondary N) is 1. The number of benzene rings is 1. The van der Waals surface area contributed by atoms with E-state index >= 15 is 0 Å². The van der Waals surface area contributed by atoms with E-state index < -0.39 is 0 Å². The molecule has 3 heteroatoms. The Morgan fingerprint density at radius 2 is 2.00 bits per heavy atom. The number of hydrogen-bond donors (Lipinski definition) is 2. The van der Waals surface area contributed by atoms with E-state index in [1.165, 1.54) is 18.4 Å². The van der Waals surface area contributed by atoms with Crippen LogP contribution in [0.1, 0.15) is 47.2 Å². The van der Waals surface area contributed by atoms with Gasteiger partial charge in [0.2, 0.25) is 0 Å². The summed E-state index contributed by atoms with van der Waals surface area (Å²) in [5, 5.41) is 3.07. The Balaban J connectivity index is 2.01. The second-order valence-corrected chi connectivity index (χ2v) is 5.91. The van der Waals surface area contributed by atoms with Crippen molar-refractivity contribution in [2.75, 3.05) is 13.1 Å². The van der Waals surface area contributed by atoms with Crippen molar-refractivity contribution in [2.24, 2.45) is 11.1 Å². The van der Waals surface area contributed by atoms with E-state index in [9.17, 15) is 4.79 Å². The smallest absolute Gasteiger partial charge is 0.251 e. The van der Waals surface area contributed by atoms with Crippen molar-refractivity contribution in [3.05, 3.63) is 34.9 Å². The van der Waals surface area contributed by atoms with Crippen LogP contribution in [-0.2, 0) is 0 Å². The maximum absolute atomic E-state index is 12.2. The van der Waals surface area contributed by atoms with Crippen molar-refractivity contribution in [1.82, 2.24) is 5.32 Å². The van der Waals surface area contributed by atoms with Crippen LogP contribution in [0.4, 0.5) is 0 Å². The first-order valence-electron chi connectivity index (χ1n) is 7.12. The van der Waals surface area contributed by atoms with Gasteiger partial charge in [-0.3, -0.25) is 4.79 Å². The van der Waals surface area contributed by atoms with Crippen LogP contribution >= 0.6 is 0 Å². The molecule has 3 nitrogen and oxygen atoms in total. The van der Waals surface area contributed by atoms with Crippen molar-refractivity contribution in [3.63, 3.8) is 0 Å². The van der Waals surface area contributed by atoms with E-state index in [1.807, 2.05) is 32.0 Å². The molecule has 0 saturated heterocycles. The summed E-state index contributed by atoms with van der Waals surface area (Å²) in [6.07, 6.45) is 4.74. The van der Waals surface area contributed by atoms with Gasteiger partial charge in [-0.05, 0) is 50.3 Å². The minimum atomic E-state index is 0.0252. The summed E-state index contributed by atoms with van der Waals surface area (Å²) >= 11 is 0. The van der Waals surface area contributed by atoms with Gasteiger partial charge in [-0.2, -0.15) is 0 Å². The second kappa shape index (κ2) is 5.74. The van der Waals surface area contributed by atoms with Gasteiger partial charge >= 0.3 is 0 Å². The molecule has 0 atom stereocenters. The SMILES string of the molecule is Cc1ccc(C(=O)NCC2(CN)CCCC2)c(C)c1. The monoisotopic (exact) mass is 260 g/mol.